The molecule has 0 fully saturated rings. The van der Waals surface area contributed by atoms with Crippen molar-refractivity contribution in [2.24, 2.45) is 5.73 Å². The van der Waals surface area contributed by atoms with Gasteiger partial charge in [-0.1, -0.05) is 11.8 Å². The highest BCUT2D eigenvalue weighted by molar-refractivity contribution is 7.92. The summed E-state index contributed by atoms with van der Waals surface area (Å²) in [4.78, 5) is 0. The van der Waals surface area contributed by atoms with Gasteiger partial charge in [-0.15, -0.1) is 0 Å². The van der Waals surface area contributed by atoms with E-state index in [1.54, 1.807) is 0 Å². The van der Waals surface area contributed by atoms with Crippen LogP contribution in [-0.4, -0.2) is 25.2 Å². The maximum Gasteiger partial charge on any atom is 0.278 e. The largest absolute Gasteiger partial charge is 0.320 e. The number of halogens is 1. The molecule has 1 aromatic heterocycles. The van der Waals surface area contributed by atoms with Gasteiger partial charge in [-0.25, -0.2) is 4.39 Å². The summed E-state index contributed by atoms with van der Waals surface area (Å²) in [5, 5.41) is 5.76. The predicted octanol–water partition coefficient (Wildman–Crippen LogP) is 0.660. The SMILES string of the molecule is NCC#Cc1ccc(NS(=O)(=O)c2ccn[nH]2)cc1F. The van der Waals surface area contributed by atoms with Crippen LogP contribution in [0.2, 0.25) is 0 Å². The van der Waals surface area contributed by atoms with Gasteiger partial charge in [0.1, 0.15) is 5.82 Å². The number of nitrogens with two attached hydrogens (primary N) is 1. The van der Waals surface area contributed by atoms with Crippen molar-refractivity contribution in [2.75, 3.05) is 11.3 Å². The Morgan fingerprint density at radius 1 is 1.40 bits per heavy atom. The number of nitrogens with one attached hydrogen (secondary N) is 2. The molecule has 4 N–H and O–H groups in total. The summed E-state index contributed by atoms with van der Waals surface area (Å²) in [6, 6.07) is 5.13. The molecule has 2 rings (SSSR count). The molecular weight excluding hydrogens is 283 g/mol. The molecule has 0 bridgehead atoms. The highest BCUT2D eigenvalue weighted by Crippen LogP contribution is 2.17. The molecule has 8 heteroatoms. The van der Waals surface area contributed by atoms with E-state index >= 15 is 0 Å². The Kier molecular flexibility index (Phi) is 4.02. The first-order valence-corrected chi connectivity index (χ1v) is 7.02. The number of aromatic nitrogens is 2. The van der Waals surface area contributed by atoms with Gasteiger partial charge in [0.2, 0.25) is 0 Å². The van der Waals surface area contributed by atoms with Crippen molar-refractivity contribution in [2.45, 2.75) is 5.03 Å². The van der Waals surface area contributed by atoms with Crippen molar-refractivity contribution in [3.63, 3.8) is 0 Å². The summed E-state index contributed by atoms with van der Waals surface area (Å²) in [7, 11) is -3.81. The lowest BCUT2D eigenvalue weighted by Crippen LogP contribution is -2.13. The van der Waals surface area contributed by atoms with Crippen LogP contribution in [0.5, 0.6) is 0 Å². The number of anilines is 1. The summed E-state index contributed by atoms with van der Waals surface area (Å²) >= 11 is 0. The Morgan fingerprint density at radius 2 is 2.20 bits per heavy atom. The first kappa shape index (κ1) is 14.0. The molecular formula is C12H11FN4O2S. The van der Waals surface area contributed by atoms with Crippen molar-refractivity contribution >= 4 is 15.7 Å². The monoisotopic (exact) mass is 294 g/mol. The van der Waals surface area contributed by atoms with Crippen LogP contribution in [0, 0.1) is 17.7 Å². The van der Waals surface area contributed by atoms with Gasteiger partial charge >= 0.3 is 0 Å². The fraction of sp³-hybridized carbons (Fsp3) is 0.0833. The van der Waals surface area contributed by atoms with Crippen LogP contribution < -0.4 is 10.5 Å². The third-order valence-corrected chi connectivity index (χ3v) is 3.62. The molecule has 1 aromatic carbocycles. The fourth-order valence-electron chi connectivity index (χ4n) is 1.43. The van der Waals surface area contributed by atoms with Gasteiger partial charge in [0.05, 0.1) is 24.0 Å². The normalized spacial score (nSPS) is 10.7. The van der Waals surface area contributed by atoms with Gasteiger partial charge in [-0.05, 0) is 24.3 Å². The molecule has 0 radical (unpaired) electrons. The Balaban J connectivity index is 2.25. The molecule has 104 valence electrons. The van der Waals surface area contributed by atoms with Crippen LogP contribution in [0.4, 0.5) is 10.1 Å². The van der Waals surface area contributed by atoms with Crippen LogP contribution in [0.25, 0.3) is 0 Å². The van der Waals surface area contributed by atoms with Crippen molar-refractivity contribution in [1.82, 2.24) is 10.2 Å². The number of H-pyrrole nitrogens is 1. The molecule has 0 amide bonds. The quantitative estimate of drug-likeness (QED) is 0.724. The van der Waals surface area contributed by atoms with Crippen LogP contribution >= 0.6 is 0 Å². The van der Waals surface area contributed by atoms with E-state index in [2.05, 4.69) is 26.8 Å². The van der Waals surface area contributed by atoms with Gasteiger partial charge in [-0.2, -0.15) is 13.5 Å². The zero-order valence-electron chi connectivity index (χ0n) is 10.2. The molecule has 0 aliphatic rings. The Labute approximate surface area is 115 Å². The molecule has 0 saturated carbocycles. The molecule has 0 saturated heterocycles. The number of aromatic amines is 1. The second-order valence-electron chi connectivity index (χ2n) is 3.73. The van der Waals surface area contributed by atoms with Gasteiger partial charge < -0.3 is 5.73 Å². The van der Waals surface area contributed by atoms with E-state index in [1.807, 2.05) is 0 Å². The van der Waals surface area contributed by atoms with Crippen molar-refractivity contribution in [3.8, 4) is 11.8 Å². The van der Waals surface area contributed by atoms with E-state index in [4.69, 9.17) is 5.73 Å². The third kappa shape index (κ3) is 3.14. The van der Waals surface area contributed by atoms with Crippen molar-refractivity contribution in [1.29, 1.82) is 0 Å². The van der Waals surface area contributed by atoms with Gasteiger partial charge in [0, 0.05) is 0 Å². The van der Waals surface area contributed by atoms with Crippen LogP contribution in [0.1, 0.15) is 5.56 Å². The standard InChI is InChI=1S/C12H11FN4O2S/c13-11-8-10(4-3-9(11)2-1-6-14)17-20(18,19)12-5-7-15-16-12/h3-5,7-8,17H,6,14H2,(H,15,16). The highest BCUT2D eigenvalue weighted by atomic mass is 32.2. The Bertz CT molecular complexity index is 760. The zero-order valence-corrected chi connectivity index (χ0v) is 11.0. The predicted molar refractivity (Wildman–Crippen MR) is 71.7 cm³/mol. The average Bonchev–Trinajstić information content (AvgIpc) is 2.92. The molecule has 0 unspecified atom stereocenters. The molecule has 20 heavy (non-hydrogen) atoms. The van der Waals surface area contributed by atoms with Crippen molar-refractivity contribution in [3.05, 3.63) is 41.8 Å². The average molecular weight is 294 g/mol. The van der Waals surface area contributed by atoms with Gasteiger partial charge in [0.25, 0.3) is 10.0 Å². The summed E-state index contributed by atoms with van der Waals surface area (Å²) in [5.41, 5.74) is 5.44. The lowest BCUT2D eigenvalue weighted by molar-refractivity contribution is 0.597. The smallest absolute Gasteiger partial charge is 0.278 e. The molecule has 0 aliphatic carbocycles. The maximum absolute atomic E-state index is 13.7. The lowest BCUT2D eigenvalue weighted by atomic mass is 10.2. The lowest BCUT2D eigenvalue weighted by Gasteiger charge is -2.06. The van der Waals surface area contributed by atoms with Crippen molar-refractivity contribution < 1.29 is 12.8 Å². The topological polar surface area (TPSA) is 101 Å². The Hall–Kier alpha value is -2.37. The molecule has 0 atom stereocenters. The minimum Gasteiger partial charge on any atom is -0.320 e. The molecule has 0 aliphatic heterocycles. The molecule has 2 aromatic rings. The number of hydrogen-bond acceptors (Lipinski definition) is 4. The second-order valence-corrected chi connectivity index (χ2v) is 5.38. The summed E-state index contributed by atoms with van der Waals surface area (Å²) in [6.45, 7) is 0.119. The van der Waals surface area contributed by atoms with E-state index in [0.717, 1.165) is 6.07 Å². The first-order chi connectivity index (χ1) is 9.53. The van der Waals surface area contributed by atoms with Gasteiger partial charge in [-0.3, -0.25) is 9.82 Å². The summed E-state index contributed by atoms with van der Waals surface area (Å²) in [6.07, 6.45) is 1.31. The first-order valence-electron chi connectivity index (χ1n) is 5.53. The third-order valence-electron chi connectivity index (χ3n) is 2.31. The van der Waals surface area contributed by atoms with E-state index in [-0.39, 0.29) is 22.8 Å². The Morgan fingerprint density at radius 3 is 2.80 bits per heavy atom. The molecule has 0 spiro atoms. The number of rotatable bonds is 3. The van der Waals surface area contributed by atoms with E-state index < -0.39 is 15.8 Å². The fourth-order valence-corrected chi connectivity index (χ4v) is 2.39. The van der Waals surface area contributed by atoms with Gasteiger partial charge in [0.15, 0.2) is 5.03 Å². The van der Waals surface area contributed by atoms with E-state index in [1.165, 1.54) is 24.4 Å². The molecule has 1 heterocycles. The van der Waals surface area contributed by atoms with Crippen LogP contribution in [0.15, 0.2) is 35.5 Å². The van der Waals surface area contributed by atoms with Crippen LogP contribution in [-0.2, 0) is 10.0 Å². The van der Waals surface area contributed by atoms with E-state index in [0.29, 0.717) is 0 Å². The number of hydrogen-bond donors (Lipinski definition) is 3. The number of nitrogens with zero attached hydrogens (tertiary/aromatic N) is 1. The maximum atomic E-state index is 13.7. The highest BCUT2D eigenvalue weighted by Gasteiger charge is 2.16. The summed E-state index contributed by atoms with van der Waals surface area (Å²) < 4.78 is 39.7. The summed E-state index contributed by atoms with van der Waals surface area (Å²) in [5.74, 6) is 4.44. The second kappa shape index (κ2) is 5.73. The minimum absolute atomic E-state index is 0.0930. The van der Waals surface area contributed by atoms with Crippen LogP contribution in [0.3, 0.4) is 0 Å². The number of sulfonamides is 1. The minimum atomic E-state index is -3.81. The molecule has 6 nitrogen and oxygen atoms in total. The number of benzene rings is 1. The zero-order chi connectivity index (χ0) is 14.6. The van der Waals surface area contributed by atoms with E-state index in [9.17, 15) is 12.8 Å².